The summed E-state index contributed by atoms with van der Waals surface area (Å²) in [6.07, 6.45) is 2.81. The predicted octanol–water partition coefficient (Wildman–Crippen LogP) is 2.69. The number of hydrogen-bond acceptors (Lipinski definition) is 8. The summed E-state index contributed by atoms with van der Waals surface area (Å²) in [6.45, 7) is 3.52. The molecule has 36 heavy (non-hydrogen) atoms. The number of benzene rings is 2. The van der Waals surface area contributed by atoms with E-state index in [1.165, 1.54) is 14.2 Å². The maximum absolute atomic E-state index is 13.9. The third-order valence-corrected chi connectivity index (χ3v) is 7.30. The van der Waals surface area contributed by atoms with Crippen molar-refractivity contribution in [3.05, 3.63) is 45.7 Å². The van der Waals surface area contributed by atoms with Crippen LogP contribution in [0.1, 0.15) is 35.2 Å². The van der Waals surface area contributed by atoms with Crippen LogP contribution in [0.3, 0.4) is 0 Å². The molecule has 0 spiro atoms. The van der Waals surface area contributed by atoms with E-state index in [9.17, 15) is 9.59 Å². The molecule has 1 aliphatic carbocycles. The van der Waals surface area contributed by atoms with E-state index in [-0.39, 0.29) is 18.1 Å². The molecule has 188 valence electrons. The Bertz CT molecular complexity index is 1420. The molecule has 1 aromatic heterocycles. The number of carbonyl (C=O) groups is 1. The van der Waals surface area contributed by atoms with E-state index in [1.54, 1.807) is 22.8 Å². The lowest BCUT2D eigenvalue weighted by Crippen LogP contribution is -2.35. The maximum Gasteiger partial charge on any atom is 0.259 e. The van der Waals surface area contributed by atoms with E-state index in [0.717, 1.165) is 38.9 Å². The fraction of sp³-hybridized carbons (Fsp3) is 0.407. The number of pyridine rings is 1. The van der Waals surface area contributed by atoms with Crippen LogP contribution < -0.4 is 35.1 Å². The van der Waals surface area contributed by atoms with Crippen LogP contribution >= 0.6 is 0 Å². The van der Waals surface area contributed by atoms with Crippen LogP contribution in [0.4, 0.5) is 0 Å². The summed E-state index contributed by atoms with van der Waals surface area (Å²) in [5, 5.41) is 8.03. The molecule has 0 bridgehead atoms. The Kier molecular flexibility index (Phi) is 5.81. The van der Waals surface area contributed by atoms with E-state index in [2.05, 4.69) is 10.6 Å². The Hall–Kier alpha value is -3.56. The Labute approximate surface area is 208 Å². The molecule has 2 aliphatic heterocycles. The number of nitrogens with zero attached hydrogens (tertiary/aromatic N) is 1. The molecule has 2 N–H and O–H groups in total. The summed E-state index contributed by atoms with van der Waals surface area (Å²) in [4.78, 5) is 27.7. The van der Waals surface area contributed by atoms with Gasteiger partial charge in [0.1, 0.15) is 0 Å². The first-order chi connectivity index (χ1) is 17.6. The summed E-state index contributed by atoms with van der Waals surface area (Å²) in [6, 6.07) is 7.30. The van der Waals surface area contributed by atoms with Crippen LogP contribution in [-0.2, 0) is 6.54 Å². The number of methoxy groups -OCH3 is 2. The molecule has 6 rings (SSSR count). The van der Waals surface area contributed by atoms with Gasteiger partial charge in [-0.05, 0) is 56.6 Å². The second kappa shape index (κ2) is 9.15. The second-order valence-corrected chi connectivity index (χ2v) is 9.36. The van der Waals surface area contributed by atoms with Gasteiger partial charge >= 0.3 is 0 Å². The molecule has 1 unspecified atom stereocenters. The van der Waals surface area contributed by atoms with Gasteiger partial charge in [0.15, 0.2) is 28.8 Å². The van der Waals surface area contributed by atoms with Crippen molar-refractivity contribution < 1.29 is 23.7 Å². The first-order valence-electron chi connectivity index (χ1n) is 12.4. The minimum Gasteiger partial charge on any atom is -0.493 e. The topological polar surface area (TPSA) is 100 Å². The van der Waals surface area contributed by atoms with E-state index in [1.807, 2.05) is 6.07 Å². The largest absolute Gasteiger partial charge is 0.493 e. The van der Waals surface area contributed by atoms with Crippen molar-refractivity contribution in [3.8, 4) is 34.3 Å². The van der Waals surface area contributed by atoms with Crippen LogP contribution in [0, 0.1) is 0 Å². The highest BCUT2D eigenvalue weighted by Gasteiger charge is 2.35. The fourth-order valence-electron chi connectivity index (χ4n) is 5.52. The third-order valence-electron chi connectivity index (χ3n) is 7.30. The van der Waals surface area contributed by atoms with Gasteiger partial charge in [-0.2, -0.15) is 0 Å². The Balaban J connectivity index is 1.50. The van der Waals surface area contributed by atoms with E-state index >= 15 is 0 Å². The lowest BCUT2D eigenvalue weighted by Gasteiger charge is -2.19. The van der Waals surface area contributed by atoms with Gasteiger partial charge in [0.05, 0.1) is 30.9 Å². The molecule has 1 saturated heterocycles. The van der Waals surface area contributed by atoms with Crippen LogP contribution in [0.2, 0.25) is 0 Å². The SMILES string of the molecule is COc1cc2c3c(n(CCCC4CNCCCN4)c(=O)c2cc1OC)-c1cc2c(cc1C3=O)OCO2. The maximum atomic E-state index is 13.9. The van der Waals surface area contributed by atoms with Crippen LogP contribution in [0.5, 0.6) is 23.0 Å². The molecule has 0 saturated carbocycles. The Morgan fingerprint density at radius 2 is 1.69 bits per heavy atom. The Morgan fingerprint density at radius 1 is 0.972 bits per heavy atom. The summed E-state index contributed by atoms with van der Waals surface area (Å²) < 4.78 is 23.8. The van der Waals surface area contributed by atoms with Crippen molar-refractivity contribution in [2.45, 2.75) is 31.8 Å². The zero-order valence-corrected chi connectivity index (χ0v) is 20.4. The molecule has 1 fully saturated rings. The number of fused-ring (bicyclic) bond motifs is 6. The standard InChI is InChI=1S/C27H29N3O6/c1-33-20-9-16-19(12-21(20)34-2)27(32)30(8-3-5-15-13-28-6-4-7-29-15)25-17-10-22-23(36-14-35-22)11-18(17)26(31)24(16)25/h9-12,15,28-29H,3-8,13-14H2,1-2H3. The average molecular weight is 492 g/mol. The average Bonchev–Trinajstić information content (AvgIpc) is 3.35. The summed E-state index contributed by atoms with van der Waals surface area (Å²) in [5.41, 5.74) is 2.18. The molecule has 3 aromatic rings. The van der Waals surface area contributed by atoms with Crippen molar-refractivity contribution in [3.63, 3.8) is 0 Å². The lowest BCUT2D eigenvalue weighted by atomic mass is 10.0. The number of rotatable bonds is 6. The smallest absolute Gasteiger partial charge is 0.259 e. The van der Waals surface area contributed by atoms with Crippen molar-refractivity contribution in [2.24, 2.45) is 0 Å². The zero-order valence-electron chi connectivity index (χ0n) is 20.4. The number of nitrogens with one attached hydrogen (secondary N) is 2. The minimum atomic E-state index is -0.157. The van der Waals surface area contributed by atoms with Crippen LogP contribution in [0.15, 0.2) is 29.1 Å². The summed E-state index contributed by atoms with van der Waals surface area (Å²) in [7, 11) is 3.07. The number of aromatic nitrogens is 1. The molecule has 3 aliphatic rings. The van der Waals surface area contributed by atoms with E-state index in [4.69, 9.17) is 18.9 Å². The van der Waals surface area contributed by atoms with Gasteiger partial charge in [-0.1, -0.05) is 0 Å². The second-order valence-electron chi connectivity index (χ2n) is 9.36. The van der Waals surface area contributed by atoms with Crippen molar-refractivity contribution in [1.82, 2.24) is 15.2 Å². The first kappa shape index (κ1) is 22.9. The van der Waals surface area contributed by atoms with Crippen molar-refractivity contribution in [1.29, 1.82) is 0 Å². The summed E-state index contributed by atoms with van der Waals surface area (Å²) >= 11 is 0. The van der Waals surface area contributed by atoms with E-state index in [0.29, 0.717) is 68.7 Å². The molecule has 2 aromatic carbocycles. The minimum absolute atomic E-state index is 0.114. The number of ether oxygens (including phenoxy) is 4. The molecule has 9 heteroatoms. The number of carbonyl (C=O) groups excluding carboxylic acids is 1. The van der Waals surface area contributed by atoms with Gasteiger partial charge < -0.3 is 34.1 Å². The normalized spacial score (nSPS) is 18.2. The highest BCUT2D eigenvalue weighted by molar-refractivity contribution is 6.27. The zero-order chi connectivity index (χ0) is 24.8. The van der Waals surface area contributed by atoms with Gasteiger partial charge in [-0.3, -0.25) is 9.59 Å². The van der Waals surface area contributed by atoms with Crippen LogP contribution in [-0.4, -0.2) is 57.0 Å². The molecule has 0 radical (unpaired) electrons. The first-order valence-corrected chi connectivity index (χ1v) is 12.4. The van der Waals surface area contributed by atoms with Gasteiger partial charge in [0, 0.05) is 35.6 Å². The third kappa shape index (κ3) is 3.61. The van der Waals surface area contributed by atoms with Crippen molar-refractivity contribution >= 4 is 16.6 Å². The van der Waals surface area contributed by atoms with Crippen LogP contribution in [0.25, 0.3) is 22.0 Å². The highest BCUT2D eigenvalue weighted by Crippen LogP contribution is 2.46. The van der Waals surface area contributed by atoms with Crippen molar-refractivity contribution in [2.75, 3.05) is 40.6 Å². The van der Waals surface area contributed by atoms with Gasteiger partial charge in [-0.25, -0.2) is 0 Å². The Morgan fingerprint density at radius 3 is 2.44 bits per heavy atom. The number of hydrogen-bond donors (Lipinski definition) is 2. The van der Waals surface area contributed by atoms with Gasteiger partial charge in [0.25, 0.3) is 5.56 Å². The fourth-order valence-corrected chi connectivity index (χ4v) is 5.52. The lowest BCUT2D eigenvalue weighted by molar-refractivity contribution is 0.104. The predicted molar refractivity (Wildman–Crippen MR) is 135 cm³/mol. The van der Waals surface area contributed by atoms with E-state index < -0.39 is 0 Å². The molecule has 0 amide bonds. The quantitative estimate of drug-likeness (QED) is 0.425. The summed E-state index contributed by atoms with van der Waals surface area (Å²) in [5.74, 6) is 1.90. The monoisotopic (exact) mass is 491 g/mol. The molecular formula is C27H29N3O6. The van der Waals surface area contributed by atoms with Gasteiger partial charge in [0.2, 0.25) is 6.79 Å². The van der Waals surface area contributed by atoms with Gasteiger partial charge in [-0.15, -0.1) is 0 Å². The number of ketones is 1. The highest BCUT2D eigenvalue weighted by atomic mass is 16.7. The molecule has 9 nitrogen and oxygen atoms in total. The molecule has 1 atom stereocenters. The molecular weight excluding hydrogens is 462 g/mol. The molecule has 3 heterocycles.